The molecule has 0 radical (unpaired) electrons. The summed E-state index contributed by atoms with van der Waals surface area (Å²) in [5.41, 5.74) is 0.604. The molecule has 1 heterocycles. The Morgan fingerprint density at radius 3 is 2.16 bits per heavy atom. The predicted octanol–water partition coefficient (Wildman–Crippen LogP) is 2.20. The molecule has 138 valence electrons. The maximum Gasteiger partial charge on any atom is 0.352 e. The summed E-state index contributed by atoms with van der Waals surface area (Å²) in [5, 5.41) is 0. The second kappa shape index (κ2) is 8.69. The van der Waals surface area contributed by atoms with Crippen LogP contribution >= 0.6 is 0 Å². The Balaban J connectivity index is 2.59. The van der Waals surface area contributed by atoms with Crippen molar-refractivity contribution in [2.24, 2.45) is 0 Å². The normalized spacial score (nSPS) is 19.7. The smallest absolute Gasteiger partial charge is 0.352 e. The highest BCUT2D eigenvalue weighted by atomic mass is 16.6. The lowest BCUT2D eigenvalue weighted by Crippen LogP contribution is -2.38. The summed E-state index contributed by atoms with van der Waals surface area (Å²) in [6.45, 7) is 5.39. The van der Waals surface area contributed by atoms with Gasteiger partial charge in [0.1, 0.15) is 11.3 Å². The van der Waals surface area contributed by atoms with E-state index >= 15 is 0 Å². The molecule has 0 spiro atoms. The van der Waals surface area contributed by atoms with Crippen molar-refractivity contribution < 1.29 is 33.3 Å². The van der Waals surface area contributed by atoms with Crippen LogP contribution in [0.5, 0.6) is 0 Å². The maximum absolute atomic E-state index is 12.6. The molecule has 0 saturated carbocycles. The molecule has 0 fully saturated rings. The number of carbonyl (C=O) groups excluding carboxylic acids is 3. The first kappa shape index (κ1) is 19.0. The lowest BCUT2D eigenvalue weighted by Gasteiger charge is -2.32. The Kier molecular flexibility index (Phi) is 6.61. The van der Waals surface area contributed by atoms with E-state index in [1.807, 2.05) is 0 Å². The Morgan fingerprint density at radius 1 is 0.920 bits per heavy atom. The van der Waals surface area contributed by atoms with Gasteiger partial charge in [0, 0.05) is 12.0 Å². The van der Waals surface area contributed by atoms with Gasteiger partial charge in [0.2, 0.25) is 6.10 Å². The summed E-state index contributed by atoms with van der Waals surface area (Å²) in [6, 6.07) is 0. The van der Waals surface area contributed by atoms with E-state index in [0.717, 1.165) is 12.8 Å². The van der Waals surface area contributed by atoms with Crippen LogP contribution in [0.15, 0.2) is 22.5 Å². The van der Waals surface area contributed by atoms with E-state index in [-0.39, 0.29) is 31.0 Å². The van der Waals surface area contributed by atoms with Crippen molar-refractivity contribution in [1.82, 2.24) is 0 Å². The number of carbonyl (C=O) groups is 3. The third-order valence-corrected chi connectivity index (χ3v) is 3.99. The van der Waals surface area contributed by atoms with Crippen LogP contribution in [0.3, 0.4) is 0 Å². The Bertz CT molecular complexity index is 615. The maximum atomic E-state index is 12.6. The molecular formula is C18H24O7. The number of hydrogen-bond acceptors (Lipinski definition) is 7. The van der Waals surface area contributed by atoms with E-state index in [2.05, 4.69) is 0 Å². The van der Waals surface area contributed by atoms with Gasteiger partial charge in [-0.3, -0.25) is 0 Å². The van der Waals surface area contributed by atoms with Gasteiger partial charge in [0.05, 0.1) is 25.4 Å². The monoisotopic (exact) mass is 352 g/mol. The largest absolute Gasteiger partial charge is 0.478 e. The lowest BCUT2D eigenvalue weighted by atomic mass is 9.85. The van der Waals surface area contributed by atoms with Gasteiger partial charge in [-0.15, -0.1) is 0 Å². The molecule has 0 saturated heterocycles. The zero-order valence-corrected chi connectivity index (χ0v) is 14.9. The molecule has 0 bridgehead atoms. The first-order valence-electron chi connectivity index (χ1n) is 8.69. The van der Waals surface area contributed by atoms with Crippen LogP contribution in [-0.2, 0) is 33.3 Å². The van der Waals surface area contributed by atoms with Crippen LogP contribution in [-0.4, -0.2) is 43.8 Å². The van der Waals surface area contributed by atoms with Crippen molar-refractivity contribution in [2.45, 2.75) is 52.6 Å². The second-order valence-corrected chi connectivity index (χ2v) is 5.59. The summed E-state index contributed by atoms with van der Waals surface area (Å²) < 4.78 is 21.0. The average molecular weight is 352 g/mol. The van der Waals surface area contributed by atoms with Crippen molar-refractivity contribution in [3.8, 4) is 0 Å². The minimum Gasteiger partial charge on any atom is -0.478 e. The number of ether oxygens (including phenoxy) is 4. The Labute approximate surface area is 146 Å². The van der Waals surface area contributed by atoms with Crippen LogP contribution in [0.2, 0.25) is 0 Å². The number of hydrogen-bond donors (Lipinski definition) is 0. The second-order valence-electron chi connectivity index (χ2n) is 5.59. The van der Waals surface area contributed by atoms with E-state index in [0.29, 0.717) is 24.2 Å². The lowest BCUT2D eigenvalue weighted by molar-refractivity contribution is -0.156. The van der Waals surface area contributed by atoms with Gasteiger partial charge in [0.15, 0.2) is 0 Å². The topological polar surface area (TPSA) is 88.1 Å². The van der Waals surface area contributed by atoms with Gasteiger partial charge in [-0.1, -0.05) is 0 Å². The van der Waals surface area contributed by atoms with Crippen LogP contribution in [0.4, 0.5) is 0 Å². The summed E-state index contributed by atoms with van der Waals surface area (Å²) in [7, 11) is 0. The first-order chi connectivity index (χ1) is 12.0. The number of rotatable bonds is 6. The van der Waals surface area contributed by atoms with E-state index in [1.54, 1.807) is 20.8 Å². The van der Waals surface area contributed by atoms with Crippen molar-refractivity contribution in [1.29, 1.82) is 0 Å². The third-order valence-electron chi connectivity index (χ3n) is 3.99. The fourth-order valence-electron chi connectivity index (χ4n) is 3.01. The van der Waals surface area contributed by atoms with Gasteiger partial charge in [-0.05, 0) is 40.0 Å². The molecule has 2 rings (SSSR count). The summed E-state index contributed by atoms with van der Waals surface area (Å²) >= 11 is 0. The van der Waals surface area contributed by atoms with E-state index in [1.165, 1.54) is 0 Å². The van der Waals surface area contributed by atoms with Crippen molar-refractivity contribution in [3.63, 3.8) is 0 Å². The molecule has 0 aromatic carbocycles. The van der Waals surface area contributed by atoms with Gasteiger partial charge in [-0.2, -0.15) is 0 Å². The van der Waals surface area contributed by atoms with Crippen molar-refractivity contribution in [2.75, 3.05) is 19.8 Å². The zero-order valence-electron chi connectivity index (χ0n) is 14.9. The molecule has 0 aromatic heterocycles. The molecule has 25 heavy (non-hydrogen) atoms. The summed E-state index contributed by atoms with van der Waals surface area (Å²) in [6.07, 6.45) is 1.63. The van der Waals surface area contributed by atoms with Crippen LogP contribution in [0.25, 0.3) is 0 Å². The van der Waals surface area contributed by atoms with Gasteiger partial charge in [0.25, 0.3) is 0 Å². The van der Waals surface area contributed by atoms with Crippen molar-refractivity contribution in [3.05, 3.63) is 22.5 Å². The van der Waals surface area contributed by atoms with Crippen LogP contribution in [0.1, 0.15) is 46.5 Å². The third kappa shape index (κ3) is 4.03. The molecule has 1 aliphatic carbocycles. The fourth-order valence-corrected chi connectivity index (χ4v) is 3.01. The molecule has 1 aliphatic heterocycles. The summed E-state index contributed by atoms with van der Waals surface area (Å²) in [4.78, 5) is 37.4. The summed E-state index contributed by atoms with van der Waals surface area (Å²) in [5.74, 6) is -1.57. The highest BCUT2D eigenvalue weighted by Crippen LogP contribution is 2.39. The molecule has 1 unspecified atom stereocenters. The SMILES string of the molecule is CCOC(=O)C1=C(C(=O)OCC)C(C(=O)OCC)OC2=C1CCCC2. The highest BCUT2D eigenvalue weighted by Gasteiger charge is 2.43. The molecule has 7 heteroatoms. The number of esters is 3. The number of allylic oxidation sites excluding steroid dienone is 1. The molecule has 2 aliphatic rings. The standard InChI is InChI=1S/C18H24O7/c1-4-22-16(19)13-11-9-7-8-10-12(11)25-15(18(21)24-6-3)14(13)17(20)23-5-2/h15H,4-10H2,1-3H3. The average Bonchev–Trinajstić information content (AvgIpc) is 2.60. The zero-order chi connectivity index (χ0) is 18.4. The minimum absolute atomic E-state index is 0.0966. The molecule has 0 amide bonds. The Hall–Kier alpha value is -2.31. The Morgan fingerprint density at radius 2 is 1.52 bits per heavy atom. The van der Waals surface area contributed by atoms with E-state index < -0.39 is 24.0 Å². The van der Waals surface area contributed by atoms with Crippen LogP contribution < -0.4 is 0 Å². The van der Waals surface area contributed by atoms with E-state index in [9.17, 15) is 14.4 Å². The van der Waals surface area contributed by atoms with Gasteiger partial charge in [-0.25, -0.2) is 14.4 Å². The quantitative estimate of drug-likeness (QED) is 0.535. The molecular weight excluding hydrogens is 328 g/mol. The predicted molar refractivity (Wildman–Crippen MR) is 87.3 cm³/mol. The highest BCUT2D eigenvalue weighted by molar-refractivity contribution is 6.08. The van der Waals surface area contributed by atoms with Crippen LogP contribution in [0, 0.1) is 0 Å². The van der Waals surface area contributed by atoms with Gasteiger partial charge >= 0.3 is 17.9 Å². The molecule has 0 N–H and O–H groups in total. The molecule has 0 aromatic rings. The van der Waals surface area contributed by atoms with Crippen molar-refractivity contribution >= 4 is 17.9 Å². The molecule has 1 atom stereocenters. The van der Waals surface area contributed by atoms with E-state index in [4.69, 9.17) is 18.9 Å². The molecule has 7 nitrogen and oxygen atoms in total. The fraction of sp³-hybridized carbons (Fsp3) is 0.611. The minimum atomic E-state index is -1.31. The first-order valence-corrected chi connectivity index (χ1v) is 8.69. The van der Waals surface area contributed by atoms with Gasteiger partial charge < -0.3 is 18.9 Å².